The summed E-state index contributed by atoms with van der Waals surface area (Å²) in [6, 6.07) is 9.82. The van der Waals surface area contributed by atoms with Crippen LogP contribution >= 0.6 is 0 Å². The minimum atomic E-state index is 0.0730. The van der Waals surface area contributed by atoms with Gasteiger partial charge in [0.15, 0.2) is 0 Å². The number of aromatic nitrogens is 2. The number of anilines is 1. The molecule has 1 aromatic heterocycles. The lowest BCUT2D eigenvalue weighted by molar-refractivity contribution is 0.300. The van der Waals surface area contributed by atoms with Crippen LogP contribution in [0.25, 0.3) is 11.3 Å². The number of H-pyrrole nitrogens is 1. The second-order valence-electron chi connectivity index (χ2n) is 3.30. The van der Waals surface area contributed by atoms with Gasteiger partial charge in [0.1, 0.15) is 5.82 Å². The summed E-state index contributed by atoms with van der Waals surface area (Å²) in [6.45, 7) is 0.0730. The Morgan fingerprint density at radius 1 is 1.27 bits per heavy atom. The molecule has 15 heavy (non-hydrogen) atoms. The minimum Gasteiger partial charge on any atom is -0.396 e. The van der Waals surface area contributed by atoms with E-state index in [4.69, 9.17) is 10.8 Å². The van der Waals surface area contributed by atoms with Gasteiger partial charge in [0.25, 0.3) is 0 Å². The van der Waals surface area contributed by atoms with Crippen molar-refractivity contribution in [3.63, 3.8) is 0 Å². The van der Waals surface area contributed by atoms with Gasteiger partial charge in [-0.1, -0.05) is 30.3 Å². The number of nitrogens with one attached hydrogen (secondary N) is 1. The number of hydrogen-bond acceptors (Lipinski definition) is 3. The average Bonchev–Trinajstić information content (AvgIpc) is 2.63. The number of aliphatic hydroxyl groups excluding tert-OH is 1. The van der Waals surface area contributed by atoms with Crippen molar-refractivity contribution in [2.24, 2.45) is 0 Å². The summed E-state index contributed by atoms with van der Waals surface area (Å²) in [5.74, 6) is 0.461. The standard InChI is InChI=1S/C11H13N3O/c12-11-9(6-7-15)10(13-14-11)8-4-2-1-3-5-8/h1-5,15H,6-7H2,(H3,12,13,14). The molecule has 78 valence electrons. The second kappa shape index (κ2) is 4.14. The van der Waals surface area contributed by atoms with Crippen molar-refractivity contribution in [3.05, 3.63) is 35.9 Å². The summed E-state index contributed by atoms with van der Waals surface area (Å²) in [4.78, 5) is 0. The molecule has 4 N–H and O–H groups in total. The van der Waals surface area contributed by atoms with Crippen LogP contribution in [0.1, 0.15) is 5.56 Å². The predicted molar refractivity (Wildman–Crippen MR) is 59.2 cm³/mol. The topological polar surface area (TPSA) is 74.9 Å². The molecule has 0 spiro atoms. The maximum atomic E-state index is 8.94. The lowest BCUT2D eigenvalue weighted by Gasteiger charge is -2.01. The number of aromatic amines is 1. The number of rotatable bonds is 3. The average molecular weight is 203 g/mol. The van der Waals surface area contributed by atoms with E-state index in [9.17, 15) is 0 Å². The fourth-order valence-electron chi connectivity index (χ4n) is 1.59. The van der Waals surface area contributed by atoms with Crippen molar-refractivity contribution < 1.29 is 5.11 Å². The lowest BCUT2D eigenvalue weighted by Crippen LogP contribution is -1.96. The van der Waals surface area contributed by atoms with Gasteiger partial charge in [-0.25, -0.2) is 0 Å². The van der Waals surface area contributed by atoms with Gasteiger partial charge >= 0.3 is 0 Å². The molecular formula is C11H13N3O. The molecule has 2 rings (SSSR count). The molecule has 0 amide bonds. The Balaban J connectivity index is 2.44. The Morgan fingerprint density at radius 2 is 2.00 bits per heavy atom. The van der Waals surface area contributed by atoms with Gasteiger partial charge in [-0.05, 0) is 5.56 Å². The van der Waals surface area contributed by atoms with Crippen LogP contribution in [0.15, 0.2) is 30.3 Å². The fraction of sp³-hybridized carbons (Fsp3) is 0.182. The molecule has 0 radical (unpaired) electrons. The smallest absolute Gasteiger partial charge is 0.149 e. The van der Waals surface area contributed by atoms with E-state index in [1.807, 2.05) is 30.3 Å². The Bertz CT molecular complexity index is 436. The van der Waals surface area contributed by atoms with Crippen LogP contribution in [0.2, 0.25) is 0 Å². The van der Waals surface area contributed by atoms with Crippen molar-refractivity contribution >= 4 is 5.82 Å². The molecule has 4 heteroatoms. The highest BCUT2D eigenvalue weighted by Gasteiger charge is 2.11. The first-order valence-corrected chi connectivity index (χ1v) is 4.82. The zero-order valence-corrected chi connectivity index (χ0v) is 8.27. The third kappa shape index (κ3) is 1.85. The first-order chi connectivity index (χ1) is 7.33. The second-order valence-corrected chi connectivity index (χ2v) is 3.30. The van der Waals surface area contributed by atoms with Crippen molar-refractivity contribution in [2.45, 2.75) is 6.42 Å². The lowest BCUT2D eigenvalue weighted by atomic mass is 10.1. The van der Waals surface area contributed by atoms with Crippen LogP contribution < -0.4 is 5.73 Å². The van der Waals surface area contributed by atoms with E-state index in [1.165, 1.54) is 0 Å². The number of nitrogens with two attached hydrogens (primary N) is 1. The Kier molecular flexibility index (Phi) is 2.69. The fourth-order valence-corrected chi connectivity index (χ4v) is 1.59. The van der Waals surface area contributed by atoms with Gasteiger partial charge < -0.3 is 10.8 Å². The molecule has 0 atom stereocenters. The molecule has 0 aliphatic heterocycles. The summed E-state index contributed by atoms with van der Waals surface area (Å²) in [6.07, 6.45) is 0.520. The Labute approximate surface area is 87.7 Å². The number of benzene rings is 1. The quantitative estimate of drug-likeness (QED) is 0.701. The maximum absolute atomic E-state index is 8.94. The summed E-state index contributed by atoms with van der Waals surface area (Å²) >= 11 is 0. The van der Waals surface area contributed by atoms with Gasteiger partial charge in [0.2, 0.25) is 0 Å². The zero-order chi connectivity index (χ0) is 10.7. The summed E-state index contributed by atoms with van der Waals surface area (Å²) in [7, 11) is 0. The minimum absolute atomic E-state index is 0.0730. The van der Waals surface area contributed by atoms with Crippen molar-refractivity contribution in [2.75, 3.05) is 12.3 Å². The van der Waals surface area contributed by atoms with Gasteiger partial charge in [0.05, 0.1) is 5.69 Å². The molecule has 1 aromatic carbocycles. The number of aliphatic hydroxyl groups is 1. The van der Waals surface area contributed by atoms with E-state index in [0.717, 1.165) is 16.8 Å². The van der Waals surface area contributed by atoms with Crippen LogP contribution in [-0.4, -0.2) is 21.9 Å². The van der Waals surface area contributed by atoms with Crippen LogP contribution in [0.4, 0.5) is 5.82 Å². The summed E-state index contributed by atoms with van der Waals surface area (Å²) in [5, 5.41) is 15.8. The number of hydrogen-bond donors (Lipinski definition) is 3. The molecule has 0 aliphatic carbocycles. The van der Waals surface area contributed by atoms with Gasteiger partial charge in [-0.15, -0.1) is 0 Å². The molecule has 1 heterocycles. The van der Waals surface area contributed by atoms with Gasteiger partial charge in [0, 0.05) is 18.6 Å². The van der Waals surface area contributed by atoms with Crippen LogP contribution in [0, 0.1) is 0 Å². The molecule has 0 aliphatic rings. The zero-order valence-electron chi connectivity index (χ0n) is 8.27. The Hall–Kier alpha value is -1.81. The van der Waals surface area contributed by atoms with Crippen molar-refractivity contribution in [1.29, 1.82) is 0 Å². The highest BCUT2D eigenvalue weighted by atomic mass is 16.2. The first kappa shape index (κ1) is 9.73. The van der Waals surface area contributed by atoms with Crippen LogP contribution in [-0.2, 0) is 6.42 Å². The molecule has 4 nitrogen and oxygen atoms in total. The number of nitrogens with zero attached hydrogens (tertiary/aromatic N) is 1. The van der Waals surface area contributed by atoms with E-state index in [0.29, 0.717) is 12.2 Å². The molecule has 0 fully saturated rings. The number of nitrogen functional groups attached to an aromatic ring is 1. The summed E-state index contributed by atoms with van der Waals surface area (Å²) < 4.78 is 0. The SMILES string of the molecule is Nc1n[nH]c(-c2ccccc2)c1CCO. The molecule has 2 aromatic rings. The highest BCUT2D eigenvalue weighted by molar-refractivity contribution is 5.67. The third-order valence-corrected chi connectivity index (χ3v) is 2.32. The van der Waals surface area contributed by atoms with Crippen molar-refractivity contribution in [1.82, 2.24) is 10.2 Å². The summed E-state index contributed by atoms with van der Waals surface area (Å²) in [5.41, 5.74) is 8.51. The normalized spacial score (nSPS) is 10.5. The largest absolute Gasteiger partial charge is 0.396 e. The van der Waals surface area contributed by atoms with E-state index < -0.39 is 0 Å². The van der Waals surface area contributed by atoms with E-state index >= 15 is 0 Å². The van der Waals surface area contributed by atoms with E-state index in [2.05, 4.69) is 10.2 Å². The van der Waals surface area contributed by atoms with Gasteiger partial charge in [-0.3, -0.25) is 5.10 Å². The predicted octanol–water partition coefficient (Wildman–Crippen LogP) is 1.19. The maximum Gasteiger partial charge on any atom is 0.149 e. The van der Waals surface area contributed by atoms with E-state index in [-0.39, 0.29) is 6.61 Å². The van der Waals surface area contributed by atoms with Crippen LogP contribution in [0.5, 0.6) is 0 Å². The first-order valence-electron chi connectivity index (χ1n) is 4.82. The Morgan fingerprint density at radius 3 is 2.67 bits per heavy atom. The van der Waals surface area contributed by atoms with Crippen LogP contribution in [0.3, 0.4) is 0 Å². The van der Waals surface area contributed by atoms with E-state index in [1.54, 1.807) is 0 Å². The molecule has 0 unspecified atom stereocenters. The molecule has 0 saturated heterocycles. The van der Waals surface area contributed by atoms with Gasteiger partial charge in [-0.2, -0.15) is 5.10 Å². The highest BCUT2D eigenvalue weighted by Crippen LogP contribution is 2.24. The third-order valence-electron chi connectivity index (χ3n) is 2.32. The molecular weight excluding hydrogens is 190 g/mol. The van der Waals surface area contributed by atoms with Crippen molar-refractivity contribution in [3.8, 4) is 11.3 Å². The molecule has 0 saturated carbocycles. The molecule has 0 bridgehead atoms. The monoisotopic (exact) mass is 203 g/mol.